The smallest absolute Gasteiger partial charge is 0.311 e. The number of ether oxygens (including phenoxy) is 3. The Morgan fingerprint density at radius 3 is 2.41 bits per heavy atom. The fourth-order valence-corrected chi connectivity index (χ4v) is 7.25. The van der Waals surface area contributed by atoms with Crippen LogP contribution < -0.4 is 9.47 Å². The highest BCUT2D eigenvalue weighted by atomic mass is 32.2. The highest BCUT2D eigenvalue weighted by Gasteiger charge is 2.34. The Bertz CT molecular complexity index is 2190. The first kappa shape index (κ1) is 35.9. The summed E-state index contributed by atoms with van der Waals surface area (Å²) in [5.74, 6) is 0.771. The minimum atomic E-state index is -0.763. The fraction of sp³-hybridized carbons (Fsp3) is 0.310. The Morgan fingerprint density at radius 1 is 0.902 bits per heavy atom. The van der Waals surface area contributed by atoms with Crippen LogP contribution in [0.15, 0.2) is 95.9 Å². The van der Waals surface area contributed by atoms with Gasteiger partial charge in [0.2, 0.25) is 5.88 Å². The van der Waals surface area contributed by atoms with E-state index in [4.69, 9.17) is 14.2 Å². The number of carbonyl (C=O) groups is 1. The van der Waals surface area contributed by atoms with E-state index in [0.717, 1.165) is 54.9 Å². The first-order chi connectivity index (χ1) is 24.3. The van der Waals surface area contributed by atoms with Crippen molar-refractivity contribution in [2.45, 2.75) is 70.8 Å². The predicted octanol–water partition coefficient (Wildman–Crippen LogP) is 10.0. The number of rotatable bonds is 12. The van der Waals surface area contributed by atoms with E-state index in [-0.39, 0.29) is 23.1 Å². The van der Waals surface area contributed by atoms with Gasteiger partial charge in [-0.3, -0.25) is 4.79 Å². The molecular formula is C42H44FN3O4S. The average molecular weight is 706 g/mol. The summed E-state index contributed by atoms with van der Waals surface area (Å²) in [6, 6.07) is 28.6. The fourth-order valence-electron chi connectivity index (χ4n) is 6.07. The number of pyridine rings is 2. The zero-order valence-electron chi connectivity index (χ0n) is 30.2. The monoisotopic (exact) mass is 705 g/mol. The molecule has 0 atom stereocenters. The summed E-state index contributed by atoms with van der Waals surface area (Å²) in [6.07, 6.45) is 0.489. The summed E-state index contributed by atoms with van der Waals surface area (Å²) in [5.41, 5.74) is 5.78. The van der Waals surface area contributed by atoms with Crippen LogP contribution in [-0.2, 0) is 29.1 Å². The molecule has 0 saturated heterocycles. The molecule has 0 unspecified atom stereocenters. The second-order valence-corrected chi connectivity index (χ2v) is 16.1. The Kier molecular flexibility index (Phi) is 10.4. The molecule has 3 heterocycles. The molecule has 0 amide bonds. The van der Waals surface area contributed by atoms with Crippen molar-refractivity contribution in [3.8, 4) is 22.9 Å². The van der Waals surface area contributed by atoms with Gasteiger partial charge in [-0.2, -0.15) is 0 Å². The molecule has 264 valence electrons. The Hall–Kier alpha value is -4.89. The second kappa shape index (κ2) is 14.8. The molecular weight excluding hydrogens is 662 g/mol. The number of benzene rings is 3. The zero-order chi connectivity index (χ0) is 36.3. The number of nitrogens with zero attached hydrogens (tertiary/aromatic N) is 3. The standard InChI is InChI=1S/C42H44FN3O4S/c1-8-49-40(47)42(5,6)24-37-39(51-41(2,3)4)33-23-32(50-26-31-18-16-29-22-30(43)17-20-35(29)44-31)19-21-36(33)46(37)25-27-12-14-28(15-13-27)34-10-9-11-38(45-34)48-7/h9-23H,8,24-26H2,1-7H3. The van der Waals surface area contributed by atoms with E-state index in [1.807, 2.05) is 57.2 Å². The topological polar surface area (TPSA) is 75.5 Å². The number of fused-ring (bicyclic) bond motifs is 2. The van der Waals surface area contributed by atoms with Gasteiger partial charge in [0.1, 0.15) is 18.2 Å². The van der Waals surface area contributed by atoms with Crippen molar-refractivity contribution in [3.63, 3.8) is 0 Å². The van der Waals surface area contributed by atoms with Gasteiger partial charge in [-0.25, -0.2) is 14.4 Å². The summed E-state index contributed by atoms with van der Waals surface area (Å²) in [4.78, 5) is 23.6. The highest BCUT2D eigenvalue weighted by Crippen LogP contribution is 2.44. The summed E-state index contributed by atoms with van der Waals surface area (Å²) in [7, 11) is 1.62. The Morgan fingerprint density at radius 2 is 1.69 bits per heavy atom. The molecule has 0 radical (unpaired) electrons. The van der Waals surface area contributed by atoms with E-state index in [0.29, 0.717) is 31.2 Å². The average Bonchev–Trinajstić information content (AvgIpc) is 3.36. The van der Waals surface area contributed by atoms with E-state index in [9.17, 15) is 9.18 Å². The lowest BCUT2D eigenvalue weighted by molar-refractivity contribution is -0.153. The van der Waals surface area contributed by atoms with Gasteiger partial charge >= 0.3 is 5.97 Å². The van der Waals surface area contributed by atoms with Gasteiger partial charge in [-0.05, 0) is 74.9 Å². The first-order valence-electron chi connectivity index (χ1n) is 17.1. The highest BCUT2D eigenvalue weighted by molar-refractivity contribution is 8.00. The molecule has 0 aliphatic heterocycles. The van der Waals surface area contributed by atoms with Gasteiger partial charge < -0.3 is 18.8 Å². The number of esters is 1. The molecule has 3 aromatic heterocycles. The van der Waals surface area contributed by atoms with Crippen molar-refractivity contribution in [1.29, 1.82) is 0 Å². The van der Waals surface area contributed by atoms with Crippen molar-refractivity contribution in [3.05, 3.63) is 114 Å². The van der Waals surface area contributed by atoms with Gasteiger partial charge in [0.05, 0.1) is 36.0 Å². The SMILES string of the molecule is CCOC(=O)C(C)(C)Cc1c(SC(C)(C)C)c2cc(OCc3ccc4cc(F)ccc4n3)ccc2n1Cc1ccc(-c2cccc(OC)n2)cc1. The molecule has 3 aromatic carbocycles. The number of aromatic nitrogens is 3. The molecule has 0 bridgehead atoms. The lowest BCUT2D eigenvalue weighted by atomic mass is 9.87. The van der Waals surface area contributed by atoms with E-state index in [1.165, 1.54) is 12.1 Å². The maximum atomic E-state index is 13.7. The van der Waals surface area contributed by atoms with E-state index in [2.05, 4.69) is 71.7 Å². The van der Waals surface area contributed by atoms with Crippen molar-refractivity contribution in [2.75, 3.05) is 13.7 Å². The van der Waals surface area contributed by atoms with Crippen molar-refractivity contribution in [1.82, 2.24) is 14.5 Å². The van der Waals surface area contributed by atoms with Gasteiger partial charge in [0, 0.05) is 56.2 Å². The third-order valence-corrected chi connectivity index (χ3v) is 9.83. The van der Waals surface area contributed by atoms with Gasteiger partial charge in [0.25, 0.3) is 0 Å². The van der Waals surface area contributed by atoms with Crippen LogP contribution >= 0.6 is 11.8 Å². The summed E-state index contributed by atoms with van der Waals surface area (Å²) in [6.45, 7) is 13.5. The first-order valence-corrected chi connectivity index (χ1v) is 17.9. The second-order valence-electron chi connectivity index (χ2n) is 14.2. The molecule has 0 aliphatic carbocycles. The number of hydrogen-bond acceptors (Lipinski definition) is 7. The molecule has 0 N–H and O–H groups in total. The number of carbonyl (C=O) groups excluding carboxylic acids is 1. The summed E-state index contributed by atoms with van der Waals surface area (Å²) >= 11 is 1.79. The van der Waals surface area contributed by atoms with E-state index >= 15 is 0 Å². The van der Waals surface area contributed by atoms with Crippen LogP contribution in [0.4, 0.5) is 4.39 Å². The van der Waals surface area contributed by atoms with Crippen LogP contribution in [0.25, 0.3) is 33.1 Å². The van der Waals surface area contributed by atoms with Crippen LogP contribution in [-0.4, -0.2) is 39.0 Å². The maximum Gasteiger partial charge on any atom is 0.311 e. The molecule has 0 fully saturated rings. The van der Waals surface area contributed by atoms with Crippen LogP contribution in [0.1, 0.15) is 58.5 Å². The quantitative estimate of drug-likeness (QED) is 0.0927. The number of halogens is 1. The zero-order valence-corrected chi connectivity index (χ0v) is 31.1. The van der Waals surface area contributed by atoms with Gasteiger partial charge in [-0.1, -0.05) is 57.2 Å². The van der Waals surface area contributed by atoms with Crippen LogP contribution in [0, 0.1) is 11.2 Å². The predicted molar refractivity (Wildman–Crippen MR) is 203 cm³/mol. The van der Waals surface area contributed by atoms with Crippen molar-refractivity contribution < 1.29 is 23.4 Å². The molecule has 6 rings (SSSR count). The molecule has 0 aliphatic rings. The third kappa shape index (κ3) is 8.37. The minimum absolute atomic E-state index is 0.112. The Labute approximate surface area is 303 Å². The molecule has 51 heavy (non-hydrogen) atoms. The minimum Gasteiger partial charge on any atom is -0.487 e. The summed E-state index contributed by atoms with van der Waals surface area (Å²) < 4.78 is 33.1. The van der Waals surface area contributed by atoms with Crippen LogP contribution in [0.5, 0.6) is 11.6 Å². The van der Waals surface area contributed by atoms with Crippen LogP contribution in [0.2, 0.25) is 0 Å². The number of hydrogen-bond donors (Lipinski definition) is 0. The lowest BCUT2D eigenvalue weighted by Crippen LogP contribution is -2.30. The van der Waals surface area contributed by atoms with Crippen molar-refractivity contribution >= 4 is 39.5 Å². The van der Waals surface area contributed by atoms with E-state index < -0.39 is 5.41 Å². The largest absolute Gasteiger partial charge is 0.487 e. The number of methoxy groups -OCH3 is 1. The summed E-state index contributed by atoms with van der Waals surface area (Å²) in [5, 5.41) is 1.80. The lowest BCUT2D eigenvalue weighted by Gasteiger charge is -2.26. The third-order valence-electron chi connectivity index (χ3n) is 8.56. The normalized spacial score (nSPS) is 12.0. The molecule has 0 saturated carbocycles. The van der Waals surface area contributed by atoms with Gasteiger partial charge in [0.15, 0.2) is 0 Å². The molecule has 9 heteroatoms. The van der Waals surface area contributed by atoms with Crippen molar-refractivity contribution in [2.24, 2.45) is 5.41 Å². The Balaban J connectivity index is 1.40. The molecule has 0 spiro atoms. The van der Waals surface area contributed by atoms with Crippen LogP contribution in [0.3, 0.4) is 0 Å². The number of thioether (sulfide) groups is 1. The molecule has 7 nitrogen and oxygen atoms in total. The van der Waals surface area contributed by atoms with Gasteiger partial charge in [-0.15, -0.1) is 11.8 Å². The van der Waals surface area contributed by atoms with E-state index in [1.54, 1.807) is 24.9 Å². The molecule has 6 aromatic rings. The maximum absolute atomic E-state index is 13.7.